The molecule has 0 spiro atoms. The molecule has 0 atom stereocenters. The predicted octanol–water partition coefficient (Wildman–Crippen LogP) is 2.17. The molecule has 0 unspecified atom stereocenters. The number of hydrogen-bond donors (Lipinski definition) is 0. The summed E-state index contributed by atoms with van der Waals surface area (Å²) in [6.07, 6.45) is 2.70. The average molecular weight is 378 g/mol. The van der Waals surface area contributed by atoms with E-state index in [2.05, 4.69) is 9.84 Å². The van der Waals surface area contributed by atoms with Crippen molar-refractivity contribution in [3.63, 3.8) is 0 Å². The molecule has 0 N–H and O–H groups in total. The maximum Gasteiger partial charge on any atom is 0.495 e. The summed E-state index contributed by atoms with van der Waals surface area (Å²) in [5, 5.41) is 3.94. The van der Waals surface area contributed by atoms with Gasteiger partial charge in [-0.1, -0.05) is 0 Å². The number of esters is 1. The number of aromatic nitrogens is 2. The lowest BCUT2D eigenvalue weighted by atomic mass is 9.79. The molecule has 1 fully saturated rings. The number of rotatable bonds is 4. The Bertz CT molecular complexity index is 843. The van der Waals surface area contributed by atoms with E-state index in [4.69, 9.17) is 9.31 Å². The van der Waals surface area contributed by atoms with E-state index in [1.807, 2.05) is 27.7 Å². The van der Waals surface area contributed by atoms with Crippen LogP contribution in [0.5, 0.6) is 0 Å². The molecule has 0 radical (unpaired) electrons. The van der Waals surface area contributed by atoms with E-state index >= 15 is 0 Å². The van der Waals surface area contributed by atoms with Gasteiger partial charge >= 0.3 is 13.1 Å². The van der Waals surface area contributed by atoms with Gasteiger partial charge in [0.1, 0.15) is 5.69 Å². The first-order chi connectivity index (χ1) is 12.5. The average Bonchev–Trinajstić information content (AvgIpc) is 3.08. The number of methoxy groups -OCH3 is 1. The minimum absolute atomic E-state index is 0.0360. The van der Waals surface area contributed by atoms with Gasteiger partial charge < -0.3 is 14.0 Å². The Morgan fingerprint density at radius 2 is 1.74 bits per heavy atom. The van der Waals surface area contributed by atoms with E-state index in [0.717, 1.165) is 4.68 Å². The number of halogens is 2. The van der Waals surface area contributed by atoms with Crippen LogP contribution in [0.3, 0.4) is 0 Å². The van der Waals surface area contributed by atoms with Crippen LogP contribution >= 0.6 is 0 Å². The SMILES string of the molecule is COC(=O)Cc1cnn(-c2c(F)cc(B3OC(C)(C)C(C)(C)O3)cc2F)c1. The third-order valence-electron chi connectivity index (χ3n) is 5.01. The molecule has 0 saturated carbocycles. The molecule has 0 aliphatic carbocycles. The molecule has 0 amide bonds. The first-order valence-electron chi connectivity index (χ1n) is 8.49. The maximum atomic E-state index is 14.7. The van der Waals surface area contributed by atoms with Crippen molar-refractivity contribution in [3.8, 4) is 5.69 Å². The van der Waals surface area contributed by atoms with Gasteiger partial charge in [-0.2, -0.15) is 5.10 Å². The monoisotopic (exact) mass is 378 g/mol. The highest BCUT2D eigenvalue weighted by molar-refractivity contribution is 6.62. The van der Waals surface area contributed by atoms with Gasteiger partial charge in [-0.25, -0.2) is 13.5 Å². The highest BCUT2D eigenvalue weighted by atomic mass is 19.1. The van der Waals surface area contributed by atoms with Crippen molar-refractivity contribution < 1.29 is 27.6 Å². The van der Waals surface area contributed by atoms with Crippen LogP contribution < -0.4 is 5.46 Å². The van der Waals surface area contributed by atoms with Crippen molar-refractivity contribution >= 4 is 18.6 Å². The molecule has 1 aliphatic rings. The minimum Gasteiger partial charge on any atom is -0.469 e. The Labute approximate surface area is 156 Å². The predicted molar refractivity (Wildman–Crippen MR) is 94.9 cm³/mol. The second kappa shape index (κ2) is 6.72. The van der Waals surface area contributed by atoms with Crippen LogP contribution in [-0.4, -0.2) is 41.2 Å². The van der Waals surface area contributed by atoms with Crippen LogP contribution in [0.1, 0.15) is 33.3 Å². The van der Waals surface area contributed by atoms with Crippen LogP contribution in [0.25, 0.3) is 5.69 Å². The Morgan fingerprint density at radius 1 is 1.19 bits per heavy atom. The number of nitrogens with zero attached hydrogens (tertiary/aromatic N) is 2. The second-order valence-electron chi connectivity index (χ2n) is 7.47. The summed E-state index contributed by atoms with van der Waals surface area (Å²) in [7, 11) is 0.390. The zero-order valence-electron chi connectivity index (χ0n) is 15.9. The molecule has 27 heavy (non-hydrogen) atoms. The van der Waals surface area contributed by atoms with Gasteiger partial charge in [-0.15, -0.1) is 0 Å². The lowest BCUT2D eigenvalue weighted by molar-refractivity contribution is -0.139. The molecule has 6 nitrogen and oxygen atoms in total. The van der Waals surface area contributed by atoms with Crippen molar-refractivity contribution in [3.05, 3.63) is 41.7 Å². The molecule has 2 aromatic rings. The minimum atomic E-state index is -0.874. The largest absolute Gasteiger partial charge is 0.495 e. The normalized spacial score (nSPS) is 18.0. The van der Waals surface area contributed by atoms with E-state index in [1.54, 1.807) is 0 Å². The summed E-state index contributed by atoms with van der Waals surface area (Å²) < 4.78 is 46.6. The topological polar surface area (TPSA) is 62.6 Å². The van der Waals surface area contributed by atoms with Gasteiger partial charge in [0.25, 0.3) is 0 Å². The number of carbonyl (C=O) groups excluding carboxylic acids is 1. The molecule has 1 aromatic heterocycles. The van der Waals surface area contributed by atoms with E-state index < -0.39 is 35.9 Å². The molecule has 1 aromatic carbocycles. The number of benzene rings is 1. The van der Waals surface area contributed by atoms with E-state index in [1.165, 1.54) is 31.6 Å². The third kappa shape index (κ3) is 3.61. The fraction of sp³-hybridized carbons (Fsp3) is 0.444. The van der Waals surface area contributed by atoms with Gasteiger partial charge in [0.2, 0.25) is 0 Å². The van der Waals surface area contributed by atoms with E-state index in [-0.39, 0.29) is 17.6 Å². The van der Waals surface area contributed by atoms with Crippen LogP contribution in [0, 0.1) is 11.6 Å². The fourth-order valence-corrected chi connectivity index (χ4v) is 2.73. The Kier molecular flexibility index (Phi) is 4.86. The first kappa shape index (κ1) is 19.5. The molecular formula is C18H21BF2N2O4. The molecule has 3 rings (SSSR count). The third-order valence-corrected chi connectivity index (χ3v) is 5.01. The Balaban J connectivity index is 1.89. The summed E-state index contributed by atoms with van der Waals surface area (Å²) in [6.45, 7) is 7.45. The van der Waals surface area contributed by atoms with E-state index in [9.17, 15) is 13.6 Å². The molecule has 1 aliphatic heterocycles. The molecule has 144 valence electrons. The van der Waals surface area contributed by atoms with Gasteiger partial charge in [0.05, 0.1) is 30.9 Å². The van der Waals surface area contributed by atoms with Crippen LogP contribution in [0.4, 0.5) is 8.78 Å². The second-order valence-corrected chi connectivity index (χ2v) is 7.47. The van der Waals surface area contributed by atoms with Crippen molar-refractivity contribution in [2.75, 3.05) is 7.11 Å². The molecule has 2 heterocycles. The summed E-state index contributed by atoms with van der Waals surface area (Å²) in [5.41, 5.74) is -0.848. The smallest absolute Gasteiger partial charge is 0.469 e. The highest BCUT2D eigenvalue weighted by Crippen LogP contribution is 2.36. The molecular weight excluding hydrogens is 357 g/mol. The van der Waals surface area contributed by atoms with Crippen LogP contribution in [-0.2, 0) is 25.3 Å². The summed E-state index contributed by atoms with van der Waals surface area (Å²) >= 11 is 0. The quantitative estimate of drug-likeness (QED) is 0.603. The lowest BCUT2D eigenvalue weighted by Crippen LogP contribution is -2.41. The van der Waals surface area contributed by atoms with Gasteiger partial charge in [-0.05, 0) is 45.3 Å². The zero-order valence-corrected chi connectivity index (χ0v) is 15.9. The van der Waals surface area contributed by atoms with E-state index in [0.29, 0.717) is 5.56 Å². The summed E-state index contributed by atoms with van der Waals surface area (Å²) in [4.78, 5) is 11.3. The van der Waals surface area contributed by atoms with Crippen molar-refractivity contribution in [2.24, 2.45) is 0 Å². The number of carbonyl (C=O) groups is 1. The van der Waals surface area contributed by atoms with Gasteiger partial charge in [0, 0.05) is 11.8 Å². The number of ether oxygens (including phenoxy) is 1. The standard InChI is InChI=1S/C18H21BF2N2O4/c1-17(2)18(3,4)27-19(26-17)12-7-13(20)16(14(21)8-12)23-10-11(9-22-23)6-15(24)25-5/h7-10H,6H2,1-5H3. The summed E-state index contributed by atoms with van der Waals surface area (Å²) in [5.74, 6) is -2.09. The maximum absolute atomic E-state index is 14.7. The molecule has 1 saturated heterocycles. The lowest BCUT2D eigenvalue weighted by Gasteiger charge is -2.32. The Morgan fingerprint density at radius 3 is 2.26 bits per heavy atom. The number of hydrogen-bond acceptors (Lipinski definition) is 5. The molecule has 9 heteroatoms. The Hall–Kier alpha value is -2.26. The van der Waals surface area contributed by atoms with Gasteiger partial charge in [0.15, 0.2) is 11.6 Å². The van der Waals surface area contributed by atoms with Gasteiger partial charge in [-0.3, -0.25) is 4.79 Å². The summed E-state index contributed by atoms with van der Waals surface area (Å²) in [6, 6.07) is 2.34. The van der Waals surface area contributed by atoms with Crippen molar-refractivity contribution in [1.82, 2.24) is 9.78 Å². The van der Waals surface area contributed by atoms with Crippen molar-refractivity contribution in [1.29, 1.82) is 0 Å². The first-order valence-corrected chi connectivity index (χ1v) is 8.49. The zero-order chi connectivity index (χ0) is 20.0. The van der Waals surface area contributed by atoms with Crippen LogP contribution in [0.2, 0.25) is 0 Å². The highest BCUT2D eigenvalue weighted by Gasteiger charge is 2.52. The van der Waals surface area contributed by atoms with Crippen LogP contribution in [0.15, 0.2) is 24.5 Å². The van der Waals surface area contributed by atoms with Crippen molar-refractivity contribution in [2.45, 2.75) is 45.3 Å². The fourth-order valence-electron chi connectivity index (χ4n) is 2.73. The molecule has 0 bridgehead atoms.